The number of aliphatic carboxylic acids is 2. The lowest BCUT2D eigenvalue weighted by Gasteiger charge is -2.09. The van der Waals surface area contributed by atoms with Crippen molar-refractivity contribution in [3.63, 3.8) is 0 Å². The van der Waals surface area contributed by atoms with Crippen LogP contribution in [0, 0.1) is 0 Å². The summed E-state index contributed by atoms with van der Waals surface area (Å²) in [5, 5.41) is 15.6. The largest absolute Gasteiger partial charge is 0.497 e. The number of hydrogen-bond donors (Lipinski definition) is 3. The van der Waals surface area contributed by atoms with Crippen molar-refractivity contribution in [2.75, 3.05) is 13.7 Å². The third-order valence-electron chi connectivity index (χ3n) is 3.74. The van der Waals surface area contributed by atoms with Gasteiger partial charge in [-0.1, -0.05) is 6.07 Å². The van der Waals surface area contributed by atoms with Crippen LogP contribution in [0.1, 0.15) is 11.1 Å². The van der Waals surface area contributed by atoms with Crippen LogP contribution < -0.4 is 10.5 Å². The SMILES string of the molecule is COc1ccc2c(c1)-c1c(ccn1CCN)C2.O=C(O)C=CC(=O)O. The Morgan fingerprint density at radius 2 is 1.88 bits per heavy atom. The Hall–Kier alpha value is -3.06. The molecule has 0 saturated heterocycles. The molecule has 1 aromatic carbocycles. The second-order valence-corrected chi connectivity index (χ2v) is 5.38. The molecule has 0 fully saturated rings. The van der Waals surface area contributed by atoms with Crippen LogP contribution in [-0.4, -0.2) is 40.4 Å². The molecular weight excluding hydrogens is 324 g/mol. The summed E-state index contributed by atoms with van der Waals surface area (Å²) in [5.74, 6) is -1.60. The van der Waals surface area contributed by atoms with Gasteiger partial charge in [0, 0.05) is 43.4 Å². The number of nitrogens with two attached hydrogens (primary N) is 1. The van der Waals surface area contributed by atoms with Crippen LogP contribution in [0.5, 0.6) is 5.75 Å². The van der Waals surface area contributed by atoms with E-state index in [-0.39, 0.29) is 0 Å². The van der Waals surface area contributed by atoms with Gasteiger partial charge in [0.1, 0.15) is 5.75 Å². The minimum absolute atomic E-state index is 0.558. The number of carbonyl (C=O) groups is 2. The molecule has 0 atom stereocenters. The molecule has 132 valence electrons. The van der Waals surface area contributed by atoms with Crippen molar-refractivity contribution < 1.29 is 24.5 Å². The van der Waals surface area contributed by atoms with Crippen LogP contribution in [0.2, 0.25) is 0 Å². The van der Waals surface area contributed by atoms with E-state index in [1.54, 1.807) is 7.11 Å². The highest BCUT2D eigenvalue weighted by Crippen LogP contribution is 2.39. The predicted molar refractivity (Wildman–Crippen MR) is 92.7 cm³/mol. The standard InChI is InChI=1S/C14H16N2O.C4H4O4/c1-17-12-3-2-10-8-11-4-6-16(7-5-15)14(11)13(10)9-12;5-3(6)1-2-4(7)8/h2-4,6,9H,5,7-8,15H2,1H3;1-2H,(H,5,6)(H,7,8). The van der Waals surface area contributed by atoms with Gasteiger partial charge >= 0.3 is 11.9 Å². The van der Waals surface area contributed by atoms with Gasteiger partial charge in [-0.15, -0.1) is 0 Å². The van der Waals surface area contributed by atoms with E-state index in [1.807, 2.05) is 6.07 Å². The summed E-state index contributed by atoms with van der Waals surface area (Å²) >= 11 is 0. The maximum absolute atomic E-state index is 9.55. The molecule has 1 aromatic heterocycles. The molecule has 25 heavy (non-hydrogen) atoms. The van der Waals surface area contributed by atoms with Gasteiger partial charge in [0.2, 0.25) is 0 Å². The molecule has 4 N–H and O–H groups in total. The first kappa shape index (κ1) is 18.3. The van der Waals surface area contributed by atoms with Crippen molar-refractivity contribution >= 4 is 11.9 Å². The van der Waals surface area contributed by atoms with Gasteiger partial charge in [-0.25, -0.2) is 9.59 Å². The highest BCUT2D eigenvalue weighted by molar-refractivity contribution is 5.89. The maximum atomic E-state index is 9.55. The highest BCUT2D eigenvalue weighted by Gasteiger charge is 2.22. The zero-order valence-corrected chi connectivity index (χ0v) is 13.8. The van der Waals surface area contributed by atoms with Crippen LogP contribution in [0.25, 0.3) is 11.3 Å². The number of hydrogen-bond acceptors (Lipinski definition) is 4. The van der Waals surface area contributed by atoms with Gasteiger partial charge in [0.05, 0.1) is 12.8 Å². The van der Waals surface area contributed by atoms with Crippen LogP contribution in [0.4, 0.5) is 0 Å². The average molecular weight is 344 g/mol. The Morgan fingerprint density at radius 1 is 1.20 bits per heavy atom. The number of benzene rings is 1. The second-order valence-electron chi connectivity index (χ2n) is 5.38. The first-order valence-corrected chi connectivity index (χ1v) is 7.65. The number of carboxylic acid groups (broad SMARTS) is 2. The summed E-state index contributed by atoms with van der Waals surface area (Å²) in [6.45, 7) is 1.53. The van der Waals surface area contributed by atoms with Crippen molar-refractivity contribution in [2.45, 2.75) is 13.0 Å². The molecule has 0 amide bonds. The number of carboxylic acids is 2. The van der Waals surface area contributed by atoms with E-state index in [0.29, 0.717) is 18.7 Å². The van der Waals surface area contributed by atoms with Crippen LogP contribution in [-0.2, 0) is 22.6 Å². The molecular formula is C18H20N2O5. The first-order chi connectivity index (χ1) is 12.0. The third kappa shape index (κ3) is 4.48. The summed E-state index contributed by atoms with van der Waals surface area (Å²) in [6, 6.07) is 8.49. The number of rotatable bonds is 5. The Labute approximate surface area is 145 Å². The minimum Gasteiger partial charge on any atom is -0.497 e. The fourth-order valence-electron chi connectivity index (χ4n) is 2.72. The van der Waals surface area contributed by atoms with Crippen molar-refractivity contribution in [3.8, 4) is 17.0 Å². The molecule has 0 aliphatic heterocycles. The van der Waals surface area contributed by atoms with Gasteiger partial charge in [-0.3, -0.25) is 0 Å². The van der Waals surface area contributed by atoms with Gasteiger partial charge in [0.25, 0.3) is 0 Å². The van der Waals surface area contributed by atoms with Crippen LogP contribution in [0.15, 0.2) is 42.6 Å². The number of ether oxygens (including phenoxy) is 1. The summed E-state index contributed by atoms with van der Waals surface area (Å²) in [6.07, 6.45) is 4.26. The van der Waals surface area contributed by atoms with Crippen LogP contribution in [0.3, 0.4) is 0 Å². The zero-order valence-electron chi connectivity index (χ0n) is 13.8. The molecule has 1 heterocycles. The number of nitrogens with zero attached hydrogens (tertiary/aromatic N) is 1. The molecule has 1 aliphatic rings. The fourth-order valence-corrected chi connectivity index (χ4v) is 2.72. The lowest BCUT2D eigenvalue weighted by atomic mass is 10.1. The van der Waals surface area contributed by atoms with E-state index < -0.39 is 11.9 Å². The summed E-state index contributed by atoms with van der Waals surface area (Å²) in [7, 11) is 1.70. The van der Waals surface area contributed by atoms with E-state index in [2.05, 4.69) is 29.0 Å². The Kier molecular flexibility index (Phi) is 5.97. The van der Waals surface area contributed by atoms with Gasteiger partial charge < -0.3 is 25.3 Å². The van der Waals surface area contributed by atoms with E-state index >= 15 is 0 Å². The summed E-state index contributed by atoms with van der Waals surface area (Å²) < 4.78 is 7.53. The number of fused-ring (bicyclic) bond motifs is 3. The smallest absolute Gasteiger partial charge is 0.328 e. The topological polar surface area (TPSA) is 115 Å². The molecule has 0 saturated carbocycles. The summed E-state index contributed by atoms with van der Waals surface area (Å²) in [5.41, 5.74) is 11.0. The first-order valence-electron chi connectivity index (χ1n) is 7.65. The molecule has 2 aromatic rings. The van der Waals surface area contributed by atoms with Gasteiger partial charge in [-0.05, 0) is 29.3 Å². The third-order valence-corrected chi connectivity index (χ3v) is 3.74. The van der Waals surface area contributed by atoms with Crippen molar-refractivity contribution in [1.82, 2.24) is 4.57 Å². The zero-order chi connectivity index (χ0) is 18.4. The van der Waals surface area contributed by atoms with Crippen molar-refractivity contribution in [1.29, 1.82) is 0 Å². The molecule has 7 nitrogen and oxygen atoms in total. The van der Waals surface area contributed by atoms with Gasteiger partial charge in [0.15, 0.2) is 0 Å². The molecule has 0 unspecified atom stereocenters. The molecule has 0 bridgehead atoms. The normalized spacial score (nSPS) is 11.4. The van der Waals surface area contributed by atoms with Crippen molar-refractivity contribution in [3.05, 3.63) is 53.7 Å². The second kappa shape index (κ2) is 8.16. The van der Waals surface area contributed by atoms with E-state index in [0.717, 1.165) is 18.7 Å². The molecule has 7 heteroatoms. The molecule has 1 aliphatic carbocycles. The Morgan fingerprint density at radius 3 is 2.44 bits per heavy atom. The van der Waals surface area contributed by atoms with Gasteiger partial charge in [-0.2, -0.15) is 0 Å². The Bertz CT molecular complexity index is 792. The number of methoxy groups -OCH3 is 1. The highest BCUT2D eigenvalue weighted by atomic mass is 16.5. The molecule has 0 radical (unpaired) electrons. The average Bonchev–Trinajstić information content (AvgIpc) is 3.13. The quantitative estimate of drug-likeness (QED) is 0.607. The fraction of sp³-hybridized carbons (Fsp3) is 0.222. The lowest BCUT2D eigenvalue weighted by Crippen LogP contribution is -2.09. The van der Waals surface area contributed by atoms with E-state index in [4.69, 9.17) is 20.7 Å². The monoisotopic (exact) mass is 344 g/mol. The predicted octanol–water partition coefficient (Wildman–Crippen LogP) is 1.74. The van der Waals surface area contributed by atoms with E-state index in [9.17, 15) is 9.59 Å². The van der Waals surface area contributed by atoms with E-state index in [1.165, 1.54) is 22.4 Å². The molecule has 3 rings (SSSR count). The Balaban J connectivity index is 0.000000242. The maximum Gasteiger partial charge on any atom is 0.328 e. The number of aromatic nitrogens is 1. The molecule has 0 spiro atoms. The van der Waals surface area contributed by atoms with Crippen LogP contribution >= 0.6 is 0 Å². The lowest BCUT2D eigenvalue weighted by molar-refractivity contribution is -0.134. The summed E-state index contributed by atoms with van der Waals surface area (Å²) in [4.78, 5) is 19.1. The van der Waals surface area contributed by atoms with Crippen molar-refractivity contribution in [2.24, 2.45) is 5.73 Å². The minimum atomic E-state index is -1.26.